The van der Waals surface area contributed by atoms with Crippen LogP contribution in [0.5, 0.6) is 0 Å². The molecule has 0 radical (unpaired) electrons. The predicted molar refractivity (Wildman–Crippen MR) is 87.9 cm³/mol. The van der Waals surface area contributed by atoms with E-state index in [9.17, 15) is 14.7 Å². The van der Waals surface area contributed by atoms with Gasteiger partial charge in [0.2, 0.25) is 0 Å². The zero-order valence-electron chi connectivity index (χ0n) is 13.3. The largest absolute Gasteiger partial charge is 0.550 e. The summed E-state index contributed by atoms with van der Waals surface area (Å²) >= 11 is 5.96. The monoisotopic (exact) mass is 347 g/mol. The van der Waals surface area contributed by atoms with Crippen molar-refractivity contribution in [3.8, 4) is 0 Å². The highest BCUT2D eigenvalue weighted by atomic mass is 35.5. The molecule has 2 rings (SSSR count). The maximum atomic E-state index is 12.1. The van der Waals surface area contributed by atoms with Gasteiger partial charge in [0.05, 0.1) is 16.3 Å². The number of nitrogens with one attached hydrogen (secondary N) is 1. The topological polar surface area (TPSA) is 94.7 Å². The summed E-state index contributed by atoms with van der Waals surface area (Å²) in [7, 11) is 0. The Labute approximate surface area is 144 Å². The number of halogens is 1. The smallest absolute Gasteiger partial charge is 0.272 e. The number of hydrogen-bond acceptors (Lipinski definition) is 5. The van der Waals surface area contributed by atoms with Crippen molar-refractivity contribution in [1.29, 1.82) is 0 Å². The Bertz CT molecular complexity index is 796. The van der Waals surface area contributed by atoms with E-state index in [-0.39, 0.29) is 12.8 Å². The number of nitrogens with zero attached hydrogens (tertiary/aromatic N) is 1. The number of hydrogen-bond donors (Lipinski definition) is 1. The van der Waals surface area contributed by atoms with Crippen molar-refractivity contribution in [1.82, 2.24) is 5.43 Å². The first-order chi connectivity index (χ1) is 11.4. The SMILES string of the molecule is C/C(=N/NC(=O)c1ccccc1Cl)c1cc(CCC(=O)[O-])oc1C. The summed E-state index contributed by atoms with van der Waals surface area (Å²) in [5.41, 5.74) is 4.01. The van der Waals surface area contributed by atoms with Crippen molar-refractivity contribution >= 4 is 29.2 Å². The molecule has 7 heteroatoms. The van der Waals surface area contributed by atoms with Crippen molar-refractivity contribution in [2.45, 2.75) is 26.7 Å². The quantitative estimate of drug-likeness (QED) is 0.639. The van der Waals surface area contributed by atoms with Gasteiger partial charge in [-0.3, -0.25) is 4.79 Å². The fourth-order valence-corrected chi connectivity index (χ4v) is 2.37. The number of aryl methyl sites for hydroxylation is 2. The lowest BCUT2D eigenvalue weighted by atomic mass is 10.1. The van der Waals surface area contributed by atoms with Crippen molar-refractivity contribution < 1.29 is 19.1 Å². The van der Waals surface area contributed by atoms with E-state index in [2.05, 4.69) is 10.5 Å². The standard InChI is InChI=1S/C17H17ClN2O4/c1-10(14-9-12(24-11(14)2)7-8-16(21)22)19-20-17(23)13-5-3-4-6-15(13)18/h3-6,9H,7-8H2,1-2H3,(H,20,23)(H,21,22)/p-1/b19-10-. The van der Waals surface area contributed by atoms with Crippen LogP contribution in [0, 0.1) is 6.92 Å². The highest BCUT2D eigenvalue weighted by Crippen LogP contribution is 2.17. The molecule has 1 aromatic heterocycles. The summed E-state index contributed by atoms with van der Waals surface area (Å²) in [6.45, 7) is 3.46. The van der Waals surface area contributed by atoms with Gasteiger partial charge in [-0.25, -0.2) is 5.43 Å². The van der Waals surface area contributed by atoms with Gasteiger partial charge in [0, 0.05) is 18.0 Å². The first-order valence-electron chi connectivity index (χ1n) is 7.27. The maximum Gasteiger partial charge on any atom is 0.272 e. The molecule has 0 aliphatic rings. The highest BCUT2D eigenvalue weighted by Gasteiger charge is 2.12. The summed E-state index contributed by atoms with van der Waals surface area (Å²) < 4.78 is 5.49. The number of rotatable bonds is 6. The summed E-state index contributed by atoms with van der Waals surface area (Å²) in [6.07, 6.45) is 0.119. The third-order valence-corrected chi connectivity index (χ3v) is 3.71. The molecule has 0 spiro atoms. The van der Waals surface area contributed by atoms with Crippen LogP contribution in [0.2, 0.25) is 5.02 Å². The molecule has 1 N–H and O–H groups in total. The average Bonchev–Trinajstić information content (AvgIpc) is 2.92. The number of carboxylic acids is 1. The molecule has 126 valence electrons. The van der Waals surface area contributed by atoms with E-state index in [4.69, 9.17) is 16.0 Å². The lowest BCUT2D eigenvalue weighted by Crippen LogP contribution is -2.22. The molecular formula is C17H16ClN2O4-. The van der Waals surface area contributed by atoms with Gasteiger partial charge in [-0.1, -0.05) is 23.7 Å². The number of carbonyl (C=O) groups is 2. The number of benzene rings is 1. The van der Waals surface area contributed by atoms with E-state index in [1.165, 1.54) is 0 Å². The summed E-state index contributed by atoms with van der Waals surface area (Å²) in [4.78, 5) is 22.6. The van der Waals surface area contributed by atoms with Crippen molar-refractivity contribution in [3.05, 3.63) is 58.0 Å². The number of furan rings is 1. The Hall–Kier alpha value is -2.60. The minimum absolute atomic E-state index is 0.119. The molecule has 2 aromatic rings. The van der Waals surface area contributed by atoms with E-state index in [0.717, 1.165) is 0 Å². The second-order valence-corrected chi connectivity index (χ2v) is 5.58. The fourth-order valence-electron chi connectivity index (χ4n) is 2.15. The average molecular weight is 348 g/mol. The van der Waals surface area contributed by atoms with Crippen LogP contribution < -0.4 is 10.5 Å². The molecule has 6 nitrogen and oxygen atoms in total. The van der Waals surface area contributed by atoms with Gasteiger partial charge in [-0.15, -0.1) is 0 Å². The number of carboxylic acid groups (broad SMARTS) is 1. The Balaban J connectivity index is 2.09. The van der Waals surface area contributed by atoms with Crippen molar-refractivity contribution in [2.24, 2.45) is 5.10 Å². The molecule has 24 heavy (non-hydrogen) atoms. The number of hydrazone groups is 1. The molecule has 0 aliphatic heterocycles. The molecule has 0 atom stereocenters. The van der Waals surface area contributed by atoms with Crippen LogP contribution in [0.25, 0.3) is 0 Å². The van der Waals surface area contributed by atoms with Gasteiger partial charge in [0.25, 0.3) is 5.91 Å². The van der Waals surface area contributed by atoms with Crippen LogP contribution in [0.3, 0.4) is 0 Å². The van der Waals surface area contributed by atoms with E-state index in [1.807, 2.05) is 0 Å². The molecule has 0 saturated carbocycles. The van der Waals surface area contributed by atoms with Gasteiger partial charge in [0.15, 0.2) is 0 Å². The second-order valence-electron chi connectivity index (χ2n) is 5.17. The minimum Gasteiger partial charge on any atom is -0.550 e. The van der Waals surface area contributed by atoms with Crippen LogP contribution >= 0.6 is 11.6 Å². The molecule has 0 unspecified atom stereocenters. The zero-order chi connectivity index (χ0) is 17.7. The first kappa shape index (κ1) is 17.7. The molecule has 0 aliphatic carbocycles. The van der Waals surface area contributed by atoms with Gasteiger partial charge in [-0.2, -0.15) is 5.10 Å². The van der Waals surface area contributed by atoms with Gasteiger partial charge < -0.3 is 14.3 Å². The van der Waals surface area contributed by atoms with E-state index in [0.29, 0.717) is 33.4 Å². The Kier molecular flexibility index (Phi) is 5.76. The fraction of sp³-hybridized carbons (Fsp3) is 0.235. The molecule has 1 aromatic carbocycles. The Morgan fingerprint density at radius 2 is 2.00 bits per heavy atom. The minimum atomic E-state index is -1.14. The summed E-state index contributed by atoms with van der Waals surface area (Å²) in [6, 6.07) is 8.37. The van der Waals surface area contributed by atoms with E-state index in [1.54, 1.807) is 44.2 Å². The highest BCUT2D eigenvalue weighted by molar-refractivity contribution is 6.33. The van der Waals surface area contributed by atoms with Crippen LogP contribution in [0.1, 0.15) is 40.8 Å². The van der Waals surface area contributed by atoms with Gasteiger partial charge >= 0.3 is 0 Å². The third-order valence-electron chi connectivity index (χ3n) is 3.38. The first-order valence-corrected chi connectivity index (χ1v) is 7.65. The Morgan fingerprint density at radius 3 is 2.67 bits per heavy atom. The summed E-state index contributed by atoms with van der Waals surface area (Å²) in [5.74, 6) is -0.434. The lowest BCUT2D eigenvalue weighted by molar-refractivity contribution is -0.305. The number of aliphatic carboxylic acids is 1. The molecule has 0 bridgehead atoms. The number of carbonyl (C=O) groups excluding carboxylic acids is 2. The number of amides is 1. The second kappa shape index (κ2) is 7.79. The van der Waals surface area contributed by atoms with Crippen molar-refractivity contribution in [3.63, 3.8) is 0 Å². The van der Waals surface area contributed by atoms with E-state index >= 15 is 0 Å². The predicted octanol–water partition coefficient (Wildman–Crippen LogP) is 2.08. The normalized spacial score (nSPS) is 11.4. The van der Waals surface area contributed by atoms with Gasteiger partial charge in [-0.05, 0) is 38.5 Å². The van der Waals surface area contributed by atoms with Crippen LogP contribution in [-0.2, 0) is 11.2 Å². The van der Waals surface area contributed by atoms with E-state index < -0.39 is 11.9 Å². The lowest BCUT2D eigenvalue weighted by Gasteiger charge is -2.03. The van der Waals surface area contributed by atoms with Crippen LogP contribution in [0.15, 0.2) is 39.9 Å². The maximum absolute atomic E-state index is 12.1. The molecular weight excluding hydrogens is 332 g/mol. The molecule has 0 saturated heterocycles. The zero-order valence-corrected chi connectivity index (χ0v) is 14.0. The van der Waals surface area contributed by atoms with Gasteiger partial charge in [0.1, 0.15) is 11.5 Å². The van der Waals surface area contributed by atoms with Crippen LogP contribution in [-0.4, -0.2) is 17.6 Å². The van der Waals surface area contributed by atoms with Crippen molar-refractivity contribution in [2.75, 3.05) is 0 Å². The molecule has 1 amide bonds. The third kappa shape index (κ3) is 4.45. The summed E-state index contributed by atoms with van der Waals surface area (Å²) in [5, 5.41) is 14.9. The molecule has 1 heterocycles. The molecule has 0 fully saturated rings. The Morgan fingerprint density at radius 1 is 1.29 bits per heavy atom. The van der Waals surface area contributed by atoms with Crippen LogP contribution in [0.4, 0.5) is 0 Å².